The van der Waals surface area contributed by atoms with Crippen LogP contribution in [0.3, 0.4) is 0 Å². The van der Waals surface area contributed by atoms with Crippen molar-refractivity contribution >= 4 is 77.9 Å². The number of halogens is 2. The van der Waals surface area contributed by atoms with Gasteiger partial charge in [0.25, 0.3) is 0 Å². The number of ether oxygens (including phenoxy) is 1. The van der Waals surface area contributed by atoms with Gasteiger partial charge in [0.1, 0.15) is 30.0 Å². The van der Waals surface area contributed by atoms with E-state index >= 15 is 0 Å². The van der Waals surface area contributed by atoms with Crippen LogP contribution in [0.1, 0.15) is 43.1 Å². The third kappa shape index (κ3) is 8.93. The molecule has 19 heteroatoms. The van der Waals surface area contributed by atoms with Crippen molar-refractivity contribution in [1.82, 2.24) is 4.90 Å². The van der Waals surface area contributed by atoms with Crippen molar-refractivity contribution in [3.8, 4) is 28.2 Å². The minimum Gasteiger partial charge on any atom is -0.744 e. The number of nitrogens with two attached hydrogens (primary N) is 1. The number of piperidine rings is 1. The summed E-state index contributed by atoms with van der Waals surface area (Å²) >= 11 is 12.1. The molecule has 0 radical (unpaired) electrons. The normalized spacial score (nSPS) is 13.5. The van der Waals surface area contributed by atoms with E-state index in [1.54, 1.807) is 17.0 Å². The average Bonchev–Trinajstić information content (AvgIpc) is 3.07. The lowest BCUT2D eigenvalue weighted by atomic mass is 9.90. The Morgan fingerprint density at radius 2 is 1.49 bits per heavy atom. The van der Waals surface area contributed by atoms with E-state index in [-0.39, 0.29) is 58.6 Å². The number of carboxylic acid groups (broad SMARTS) is 1. The largest absolute Gasteiger partial charge is 0.744 e. The molecule has 55 heavy (non-hydrogen) atoms. The lowest BCUT2D eigenvalue weighted by Gasteiger charge is -2.30. The SMILES string of the molecule is C.CC(=O)N1CCC(C(=O)Oc2c(Cl)cc(C)cc2Cl)CC1.N=c1ccc2c(-c3ccccc3C(=O)[O-])c3ccc(N)c(S(=O)(=O)[O-])c3oc-2c1S(=O)(=O)[O-]. The zero-order valence-corrected chi connectivity index (χ0v) is 31.3. The first-order valence-electron chi connectivity index (χ1n) is 15.7. The number of nitrogen functional groups attached to an aromatic ring is 1. The lowest BCUT2D eigenvalue weighted by Crippen LogP contribution is -2.40. The number of fused-ring (bicyclic) bond motifs is 2. The first-order valence-corrected chi connectivity index (χ1v) is 19.3. The minimum absolute atomic E-state index is 0. The van der Waals surface area contributed by atoms with Crippen molar-refractivity contribution in [1.29, 1.82) is 5.41 Å². The third-order valence-corrected chi connectivity index (χ3v) is 10.9. The molecule has 1 aliphatic carbocycles. The Balaban J connectivity index is 0.000000265. The quantitative estimate of drug-likeness (QED) is 0.0784. The van der Waals surface area contributed by atoms with E-state index in [1.165, 1.54) is 43.3 Å². The predicted molar refractivity (Wildman–Crippen MR) is 197 cm³/mol. The molecule has 3 N–H and O–H groups in total. The summed E-state index contributed by atoms with van der Waals surface area (Å²) in [5, 5.41) is 19.4. The summed E-state index contributed by atoms with van der Waals surface area (Å²) in [5.74, 6) is -2.66. The fourth-order valence-corrected chi connectivity index (χ4v) is 8.18. The minimum atomic E-state index is -5.33. The molecule has 0 saturated carbocycles. The van der Waals surface area contributed by atoms with Gasteiger partial charge in [-0.25, -0.2) is 16.8 Å². The van der Waals surface area contributed by atoms with E-state index in [2.05, 4.69) is 0 Å². The first-order chi connectivity index (χ1) is 25.2. The number of anilines is 1. The van der Waals surface area contributed by atoms with Crippen molar-refractivity contribution in [3.05, 3.63) is 87.2 Å². The molecule has 0 spiro atoms. The van der Waals surface area contributed by atoms with E-state index in [0.717, 1.165) is 17.7 Å². The Morgan fingerprint density at radius 1 is 0.909 bits per heavy atom. The Hall–Kier alpha value is -5.04. The Morgan fingerprint density at radius 3 is 2.04 bits per heavy atom. The summed E-state index contributed by atoms with van der Waals surface area (Å²) in [5.41, 5.74) is 4.77. The van der Waals surface area contributed by atoms with Crippen LogP contribution in [-0.2, 0) is 29.8 Å². The van der Waals surface area contributed by atoms with Crippen LogP contribution in [0.25, 0.3) is 33.4 Å². The van der Waals surface area contributed by atoms with Gasteiger partial charge in [0.2, 0.25) is 5.91 Å². The van der Waals surface area contributed by atoms with Crippen LogP contribution in [0.2, 0.25) is 10.0 Å². The molecule has 2 aliphatic heterocycles. The number of carbonyl (C=O) groups excluding carboxylic acids is 3. The van der Waals surface area contributed by atoms with E-state index in [1.807, 2.05) is 6.92 Å². The number of nitrogens with one attached hydrogen (secondary N) is 1. The van der Waals surface area contributed by atoms with Gasteiger partial charge in [-0.15, -0.1) is 0 Å². The Bertz CT molecular complexity index is 2580. The van der Waals surface area contributed by atoms with Gasteiger partial charge in [0.05, 0.1) is 33.0 Å². The monoisotopic (exact) mass is 832 g/mol. The second kappa shape index (κ2) is 16.4. The number of aryl methyl sites for hydroxylation is 1. The molecule has 6 rings (SSSR count). The highest BCUT2D eigenvalue weighted by atomic mass is 35.5. The molecule has 3 aliphatic rings. The number of aromatic carboxylic acids is 1. The summed E-state index contributed by atoms with van der Waals surface area (Å²) < 4.78 is 82.5. The number of benzene rings is 4. The third-order valence-electron chi connectivity index (χ3n) is 8.53. The molecule has 2 heterocycles. The van der Waals surface area contributed by atoms with Gasteiger partial charge in [0.15, 0.2) is 17.1 Å². The van der Waals surface area contributed by atoms with Crippen molar-refractivity contribution in [2.45, 2.75) is 43.9 Å². The molecule has 1 amide bonds. The lowest BCUT2D eigenvalue weighted by molar-refractivity contribution is -0.255. The standard InChI is InChI=1S/C20H14N2O9S2.C15H17Cl2NO3.CH4/c21-13-7-5-11-15(9-3-1-2-4-10(9)20(23)24)12-6-8-14(22)19(33(28,29)30)17(12)31-16(11)18(13)32(25,26)27;1-9-7-12(16)14(13(17)8-9)21-15(20)11-3-5-18(6-4-11)10(2)19;/h1-8,21H,22H2,(H,23,24)(H,25,26,27)(H,28,29,30);7-8,11H,3-6H2,1-2H3;1H4/p-3. The molecule has 0 aromatic heterocycles. The van der Waals surface area contributed by atoms with Crippen LogP contribution in [0.4, 0.5) is 5.69 Å². The number of carboxylic acids is 1. The van der Waals surface area contributed by atoms with Crippen molar-refractivity contribution < 1.29 is 54.6 Å². The Labute approximate surface area is 325 Å². The molecule has 15 nitrogen and oxygen atoms in total. The molecule has 3 aromatic rings. The van der Waals surface area contributed by atoms with Crippen LogP contribution in [0, 0.1) is 18.3 Å². The highest BCUT2D eigenvalue weighted by Gasteiger charge is 2.30. The molecular weight excluding hydrogens is 801 g/mol. The summed E-state index contributed by atoms with van der Waals surface area (Å²) in [6.07, 6.45) is 1.19. The molecule has 0 atom stereocenters. The van der Waals surface area contributed by atoms with E-state index in [0.29, 0.717) is 36.0 Å². The molecular formula is C36H32Cl2N3O12S2-3. The van der Waals surface area contributed by atoms with Crippen LogP contribution in [-0.4, -0.2) is 61.8 Å². The van der Waals surface area contributed by atoms with Crippen LogP contribution < -0.4 is 20.9 Å². The Kier molecular flexibility index (Phi) is 12.7. The molecule has 292 valence electrons. The highest BCUT2D eigenvalue weighted by molar-refractivity contribution is 7.86. The van der Waals surface area contributed by atoms with Crippen LogP contribution >= 0.6 is 23.2 Å². The molecule has 0 bridgehead atoms. The zero-order chi connectivity index (χ0) is 39.9. The number of hydrogen-bond acceptors (Lipinski definition) is 14. The van der Waals surface area contributed by atoms with E-state index < -0.39 is 58.4 Å². The molecule has 1 saturated heterocycles. The van der Waals surface area contributed by atoms with Gasteiger partial charge in [-0.3, -0.25) is 15.0 Å². The van der Waals surface area contributed by atoms with E-state index in [9.17, 15) is 45.4 Å². The fraction of sp³-hybridized carbons (Fsp3) is 0.222. The van der Waals surface area contributed by atoms with Gasteiger partial charge in [-0.1, -0.05) is 54.9 Å². The fourth-order valence-electron chi connectivity index (χ4n) is 6.06. The number of amides is 1. The first kappa shape index (κ1) is 42.7. The highest BCUT2D eigenvalue weighted by Crippen LogP contribution is 2.45. The van der Waals surface area contributed by atoms with Gasteiger partial charge in [-0.05, 0) is 67.3 Å². The van der Waals surface area contributed by atoms with Gasteiger partial charge >= 0.3 is 5.97 Å². The maximum Gasteiger partial charge on any atom is 0.314 e. The van der Waals surface area contributed by atoms with Gasteiger partial charge in [-0.2, -0.15) is 0 Å². The van der Waals surface area contributed by atoms with Gasteiger partial charge < -0.3 is 38.8 Å². The second-order valence-electron chi connectivity index (χ2n) is 12.2. The average molecular weight is 834 g/mol. The molecule has 1 fully saturated rings. The summed E-state index contributed by atoms with van der Waals surface area (Å²) in [7, 11) is -10.6. The number of rotatable bonds is 6. The van der Waals surface area contributed by atoms with Crippen LogP contribution in [0.15, 0.2) is 74.9 Å². The smallest absolute Gasteiger partial charge is 0.314 e. The molecule has 3 aromatic carbocycles. The number of nitrogens with zero attached hydrogens (tertiary/aromatic N) is 1. The second-order valence-corrected chi connectivity index (χ2v) is 15.6. The zero-order valence-electron chi connectivity index (χ0n) is 28.2. The predicted octanol–water partition coefficient (Wildman–Crippen LogP) is 4.54. The van der Waals surface area contributed by atoms with Crippen LogP contribution in [0.5, 0.6) is 5.75 Å². The van der Waals surface area contributed by atoms with Crippen molar-refractivity contribution in [3.63, 3.8) is 0 Å². The number of carbonyl (C=O) groups is 3. The van der Waals surface area contributed by atoms with Crippen molar-refractivity contribution in [2.24, 2.45) is 5.92 Å². The van der Waals surface area contributed by atoms with Crippen molar-refractivity contribution in [2.75, 3.05) is 18.8 Å². The molecule has 0 unspecified atom stereocenters. The summed E-state index contributed by atoms with van der Waals surface area (Å²) in [6, 6.07) is 13.3. The van der Waals surface area contributed by atoms with Gasteiger partial charge in [0, 0.05) is 42.1 Å². The maximum atomic E-state index is 12.2. The summed E-state index contributed by atoms with van der Waals surface area (Å²) in [4.78, 5) is 34.8. The number of esters is 1. The summed E-state index contributed by atoms with van der Waals surface area (Å²) in [6.45, 7) is 4.54. The maximum absolute atomic E-state index is 12.2. The number of likely N-dealkylation sites (tertiary alicyclic amines) is 1. The van der Waals surface area contributed by atoms with E-state index in [4.69, 9.17) is 43.5 Å². The number of hydrogen-bond donors (Lipinski definition) is 2. The topological polar surface area (TPSA) is 264 Å².